The zero-order chi connectivity index (χ0) is 23.2. The monoisotopic (exact) mass is 462 g/mol. The summed E-state index contributed by atoms with van der Waals surface area (Å²) in [4.78, 5) is 11.4. The van der Waals surface area contributed by atoms with Gasteiger partial charge < -0.3 is 14.9 Å². The van der Waals surface area contributed by atoms with Crippen molar-refractivity contribution in [2.24, 2.45) is 0 Å². The minimum Gasteiger partial charge on any atom is -0.507 e. The second-order valence-electron chi connectivity index (χ2n) is 8.00. The standard InChI is InChI=1S/C25H34O6S/c26-24-17-16-21(20-23(24)25(27)28)31-18-12-7-5-3-1-2-4-6-8-13-19-32(29,30)22-14-10-9-11-15-22/h9-11,14-17,20,26H,1-8,12-13,18-19H2,(H,27,28). The van der Waals surface area contributed by atoms with Gasteiger partial charge in [0.15, 0.2) is 9.84 Å². The van der Waals surface area contributed by atoms with Crippen LogP contribution in [-0.4, -0.2) is 37.0 Å². The van der Waals surface area contributed by atoms with Gasteiger partial charge in [-0.05, 0) is 43.2 Å². The second-order valence-corrected chi connectivity index (χ2v) is 10.1. The van der Waals surface area contributed by atoms with Crippen LogP contribution in [0.3, 0.4) is 0 Å². The van der Waals surface area contributed by atoms with Crippen molar-refractivity contribution in [1.29, 1.82) is 0 Å². The van der Waals surface area contributed by atoms with Gasteiger partial charge in [-0.1, -0.05) is 69.6 Å². The molecular weight excluding hydrogens is 428 g/mol. The van der Waals surface area contributed by atoms with Gasteiger partial charge in [-0.2, -0.15) is 0 Å². The van der Waals surface area contributed by atoms with Crippen molar-refractivity contribution in [1.82, 2.24) is 0 Å². The largest absolute Gasteiger partial charge is 0.507 e. The number of hydrogen-bond donors (Lipinski definition) is 2. The number of sulfone groups is 1. The van der Waals surface area contributed by atoms with Crippen LogP contribution in [0, 0.1) is 0 Å². The van der Waals surface area contributed by atoms with Gasteiger partial charge in [-0.15, -0.1) is 0 Å². The zero-order valence-electron chi connectivity index (χ0n) is 18.5. The number of hydrogen-bond acceptors (Lipinski definition) is 5. The number of carboxylic acid groups (broad SMARTS) is 1. The molecule has 176 valence electrons. The molecule has 0 fully saturated rings. The molecule has 0 bridgehead atoms. The Kier molecular flexibility index (Phi) is 11.1. The van der Waals surface area contributed by atoms with Gasteiger partial charge in [-0.25, -0.2) is 13.2 Å². The number of rotatable bonds is 16. The Morgan fingerprint density at radius 2 is 1.34 bits per heavy atom. The molecule has 6 nitrogen and oxygen atoms in total. The number of aromatic hydroxyl groups is 1. The topological polar surface area (TPSA) is 101 Å². The molecule has 2 N–H and O–H groups in total. The Bertz CT molecular complexity index is 925. The summed E-state index contributed by atoms with van der Waals surface area (Å²) in [5.74, 6) is -0.759. The van der Waals surface area contributed by atoms with Crippen LogP contribution in [0.15, 0.2) is 53.4 Å². The molecule has 0 aromatic heterocycles. The number of aromatic carboxylic acids is 1. The lowest BCUT2D eigenvalue weighted by Crippen LogP contribution is -2.06. The van der Waals surface area contributed by atoms with Crippen molar-refractivity contribution in [3.63, 3.8) is 0 Å². The van der Waals surface area contributed by atoms with E-state index in [1.54, 1.807) is 30.3 Å². The Hall–Kier alpha value is -2.54. The summed E-state index contributed by atoms with van der Waals surface area (Å²) in [7, 11) is -3.15. The number of unbranched alkanes of at least 4 members (excludes halogenated alkanes) is 9. The molecule has 0 amide bonds. The van der Waals surface area contributed by atoms with Crippen molar-refractivity contribution in [2.75, 3.05) is 12.4 Å². The van der Waals surface area contributed by atoms with E-state index in [9.17, 15) is 18.3 Å². The van der Waals surface area contributed by atoms with Gasteiger partial charge in [0.2, 0.25) is 0 Å². The predicted molar refractivity (Wildman–Crippen MR) is 125 cm³/mol. The molecule has 0 saturated heterocycles. The van der Waals surface area contributed by atoms with Crippen LogP contribution in [0.25, 0.3) is 0 Å². The van der Waals surface area contributed by atoms with Crippen LogP contribution in [-0.2, 0) is 9.84 Å². The minimum absolute atomic E-state index is 0.152. The summed E-state index contributed by atoms with van der Waals surface area (Å²) in [5.41, 5.74) is -0.152. The predicted octanol–water partition coefficient (Wildman–Crippen LogP) is 5.84. The average Bonchev–Trinajstić information content (AvgIpc) is 2.78. The fraction of sp³-hybridized carbons (Fsp3) is 0.480. The number of phenols is 1. The first-order chi connectivity index (χ1) is 15.4. The molecule has 0 aliphatic heterocycles. The van der Waals surface area contributed by atoms with Crippen molar-refractivity contribution < 1.29 is 28.2 Å². The Morgan fingerprint density at radius 3 is 1.94 bits per heavy atom. The number of benzene rings is 2. The van der Waals surface area contributed by atoms with Crippen molar-refractivity contribution in [2.45, 2.75) is 69.1 Å². The molecule has 2 aromatic rings. The summed E-state index contributed by atoms with van der Waals surface area (Å²) in [5, 5.41) is 18.5. The van der Waals surface area contributed by atoms with E-state index in [1.165, 1.54) is 31.4 Å². The highest BCUT2D eigenvalue weighted by atomic mass is 32.2. The van der Waals surface area contributed by atoms with Crippen LogP contribution in [0.5, 0.6) is 11.5 Å². The van der Waals surface area contributed by atoms with Crippen LogP contribution in [0.1, 0.15) is 74.6 Å². The maximum Gasteiger partial charge on any atom is 0.339 e. The highest BCUT2D eigenvalue weighted by molar-refractivity contribution is 7.91. The fourth-order valence-electron chi connectivity index (χ4n) is 3.52. The quantitative estimate of drug-likeness (QED) is 0.304. The van der Waals surface area contributed by atoms with E-state index in [-0.39, 0.29) is 17.1 Å². The SMILES string of the molecule is O=C(O)c1cc(OCCCCCCCCCCCCS(=O)(=O)c2ccccc2)ccc1O. The van der Waals surface area contributed by atoms with Gasteiger partial charge in [-0.3, -0.25) is 0 Å². The Morgan fingerprint density at radius 1 is 0.781 bits per heavy atom. The first kappa shape index (κ1) is 25.7. The van der Waals surface area contributed by atoms with E-state index >= 15 is 0 Å². The lowest BCUT2D eigenvalue weighted by molar-refractivity contribution is 0.0693. The van der Waals surface area contributed by atoms with Crippen molar-refractivity contribution >= 4 is 15.8 Å². The highest BCUT2D eigenvalue weighted by Crippen LogP contribution is 2.23. The van der Waals surface area contributed by atoms with E-state index in [0.717, 1.165) is 38.5 Å². The molecule has 0 aliphatic rings. The molecule has 0 unspecified atom stereocenters. The first-order valence-corrected chi connectivity index (χ1v) is 13.0. The third-order valence-electron chi connectivity index (χ3n) is 5.38. The summed E-state index contributed by atoms with van der Waals surface area (Å²) in [6, 6.07) is 12.9. The van der Waals surface area contributed by atoms with E-state index in [0.29, 0.717) is 23.7 Å². The molecule has 0 radical (unpaired) electrons. The minimum atomic E-state index is -3.15. The lowest BCUT2D eigenvalue weighted by Gasteiger charge is -2.08. The van der Waals surface area contributed by atoms with Crippen LogP contribution < -0.4 is 4.74 Å². The van der Waals surface area contributed by atoms with E-state index in [1.807, 2.05) is 6.07 Å². The van der Waals surface area contributed by atoms with Gasteiger partial charge in [0, 0.05) is 0 Å². The molecule has 0 spiro atoms. The maximum absolute atomic E-state index is 12.2. The van der Waals surface area contributed by atoms with Gasteiger partial charge in [0.1, 0.15) is 17.1 Å². The number of carbonyl (C=O) groups is 1. The molecule has 32 heavy (non-hydrogen) atoms. The second kappa shape index (κ2) is 13.8. The van der Waals surface area contributed by atoms with E-state index in [4.69, 9.17) is 9.84 Å². The molecule has 0 atom stereocenters. The highest BCUT2D eigenvalue weighted by Gasteiger charge is 2.13. The molecule has 0 saturated carbocycles. The average molecular weight is 463 g/mol. The van der Waals surface area contributed by atoms with Crippen molar-refractivity contribution in [3.8, 4) is 11.5 Å². The van der Waals surface area contributed by atoms with Gasteiger partial charge in [0.25, 0.3) is 0 Å². The normalized spacial score (nSPS) is 11.4. The third kappa shape index (κ3) is 9.30. The first-order valence-electron chi connectivity index (χ1n) is 11.4. The molecule has 2 rings (SSSR count). The number of carboxylic acids is 1. The summed E-state index contributed by atoms with van der Waals surface area (Å²) in [6.45, 7) is 0.524. The van der Waals surface area contributed by atoms with E-state index < -0.39 is 15.8 Å². The summed E-state index contributed by atoms with van der Waals surface area (Å²) >= 11 is 0. The van der Waals surface area contributed by atoms with E-state index in [2.05, 4.69) is 0 Å². The molecule has 2 aromatic carbocycles. The van der Waals surface area contributed by atoms with Gasteiger partial charge >= 0.3 is 5.97 Å². The third-order valence-corrected chi connectivity index (χ3v) is 7.19. The van der Waals surface area contributed by atoms with Crippen LogP contribution in [0.4, 0.5) is 0 Å². The Balaban J connectivity index is 1.43. The molecule has 0 heterocycles. The Labute approximate surface area is 191 Å². The molecule has 7 heteroatoms. The lowest BCUT2D eigenvalue weighted by atomic mass is 10.1. The van der Waals surface area contributed by atoms with Gasteiger partial charge in [0.05, 0.1) is 17.3 Å². The zero-order valence-corrected chi connectivity index (χ0v) is 19.4. The van der Waals surface area contributed by atoms with Crippen molar-refractivity contribution in [3.05, 3.63) is 54.1 Å². The fourth-order valence-corrected chi connectivity index (χ4v) is 4.91. The van der Waals surface area contributed by atoms with Crippen LogP contribution >= 0.6 is 0 Å². The maximum atomic E-state index is 12.2. The molecular formula is C25H34O6S. The smallest absolute Gasteiger partial charge is 0.339 e. The van der Waals surface area contributed by atoms with Crippen LogP contribution in [0.2, 0.25) is 0 Å². The summed E-state index contributed by atoms with van der Waals surface area (Å²) < 4.78 is 30.0. The number of ether oxygens (including phenoxy) is 1. The molecule has 0 aliphatic carbocycles. The summed E-state index contributed by atoms with van der Waals surface area (Å²) in [6.07, 6.45) is 10.5.